The molecule has 0 unspecified atom stereocenters. The van der Waals surface area contributed by atoms with Crippen molar-refractivity contribution < 1.29 is 0 Å². The van der Waals surface area contributed by atoms with Gasteiger partial charge in [0.15, 0.2) is 0 Å². The molecule has 2 heterocycles. The molecule has 1 aliphatic rings. The number of H-pyrrole nitrogens is 1. The van der Waals surface area contributed by atoms with Crippen LogP contribution >= 0.6 is 0 Å². The van der Waals surface area contributed by atoms with Gasteiger partial charge < -0.3 is 4.90 Å². The molecule has 0 atom stereocenters. The maximum absolute atomic E-state index is 11.2. The predicted molar refractivity (Wildman–Crippen MR) is 61.2 cm³/mol. The highest BCUT2D eigenvalue weighted by Crippen LogP contribution is 2.03. The number of likely N-dealkylation sites (N-methyl/N-ethyl adjacent to an activating group) is 1. The number of nitrogens with zero attached hydrogens (tertiary/aromatic N) is 4. The van der Waals surface area contributed by atoms with Gasteiger partial charge in [0.25, 0.3) is 0 Å². The van der Waals surface area contributed by atoms with Gasteiger partial charge >= 0.3 is 5.69 Å². The van der Waals surface area contributed by atoms with Crippen molar-refractivity contribution in [3.05, 3.63) is 16.3 Å². The zero-order chi connectivity index (χ0) is 11.5. The molecule has 1 N–H and O–H groups in total. The molecule has 0 bridgehead atoms. The van der Waals surface area contributed by atoms with Gasteiger partial charge in [0, 0.05) is 33.2 Å². The van der Waals surface area contributed by atoms with Crippen molar-refractivity contribution in [2.24, 2.45) is 7.05 Å². The Kier molecular flexibility index (Phi) is 3.40. The van der Waals surface area contributed by atoms with Crippen molar-refractivity contribution in [2.75, 3.05) is 32.7 Å². The van der Waals surface area contributed by atoms with Gasteiger partial charge in [0.1, 0.15) is 5.82 Å². The summed E-state index contributed by atoms with van der Waals surface area (Å²) < 4.78 is 1.34. The van der Waals surface area contributed by atoms with E-state index in [0.717, 1.165) is 45.1 Å². The quantitative estimate of drug-likeness (QED) is 0.735. The van der Waals surface area contributed by atoms with Gasteiger partial charge in [-0.25, -0.2) is 9.48 Å². The fourth-order valence-electron chi connectivity index (χ4n) is 2.00. The summed E-state index contributed by atoms with van der Waals surface area (Å²) in [6, 6.07) is 0. The molecule has 0 radical (unpaired) electrons. The second kappa shape index (κ2) is 4.80. The molecule has 1 aliphatic heterocycles. The molecule has 0 spiro atoms. The summed E-state index contributed by atoms with van der Waals surface area (Å²) in [4.78, 5) is 18.7. The Morgan fingerprint density at radius 3 is 2.38 bits per heavy atom. The SMILES string of the molecule is CCN1CCN(Cc2nn(C)c(=O)[nH]2)CC1. The van der Waals surface area contributed by atoms with E-state index in [2.05, 4.69) is 26.8 Å². The number of hydrogen-bond donors (Lipinski definition) is 1. The number of aryl methyl sites for hydroxylation is 1. The molecule has 6 nitrogen and oxygen atoms in total. The molecular formula is C10H19N5O. The van der Waals surface area contributed by atoms with Gasteiger partial charge in [-0.3, -0.25) is 9.88 Å². The first-order valence-electron chi connectivity index (χ1n) is 5.76. The van der Waals surface area contributed by atoms with E-state index in [4.69, 9.17) is 0 Å². The number of nitrogens with one attached hydrogen (secondary N) is 1. The largest absolute Gasteiger partial charge is 0.343 e. The minimum atomic E-state index is -0.137. The van der Waals surface area contributed by atoms with Gasteiger partial charge in [-0.2, -0.15) is 5.10 Å². The lowest BCUT2D eigenvalue weighted by molar-refractivity contribution is 0.129. The van der Waals surface area contributed by atoms with Crippen LogP contribution in [0.15, 0.2) is 4.79 Å². The molecular weight excluding hydrogens is 206 g/mol. The van der Waals surface area contributed by atoms with E-state index >= 15 is 0 Å². The molecule has 1 fully saturated rings. The first-order valence-corrected chi connectivity index (χ1v) is 5.76. The Bertz CT molecular complexity index is 388. The second-order valence-electron chi connectivity index (χ2n) is 4.21. The molecule has 6 heteroatoms. The average Bonchev–Trinajstić information content (AvgIpc) is 2.59. The maximum Gasteiger partial charge on any atom is 0.343 e. The fraction of sp³-hybridized carbons (Fsp3) is 0.800. The van der Waals surface area contributed by atoms with Gasteiger partial charge in [-0.15, -0.1) is 0 Å². The van der Waals surface area contributed by atoms with E-state index in [0.29, 0.717) is 0 Å². The summed E-state index contributed by atoms with van der Waals surface area (Å²) in [6.45, 7) is 8.35. The number of rotatable bonds is 3. The van der Waals surface area contributed by atoms with E-state index in [1.54, 1.807) is 7.05 Å². The highest BCUT2D eigenvalue weighted by Gasteiger charge is 2.16. The molecule has 2 rings (SSSR count). The van der Waals surface area contributed by atoms with Crippen LogP contribution in [-0.4, -0.2) is 57.3 Å². The second-order valence-corrected chi connectivity index (χ2v) is 4.21. The molecule has 1 aromatic heterocycles. The Morgan fingerprint density at radius 2 is 1.88 bits per heavy atom. The van der Waals surface area contributed by atoms with Crippen molar-refractivity contribution in [3.63, 3.8) is 0 Å². The Labute approximate surface area is 94.9 Å². The summed E-state index contributed by atoms with van der Waals surface area (Å²) in [5, 5.41) is 4.14. The fourth-order valence-corrected chi connectivity index (χ4v) is 2.00. The molecule has 16 heavy (non-hydrogen) atoms. The Morgan fingerprint density at radius 1 is 1.25 bits per heavy atom. The summed E-state index contributed by atoms with van der Waals surface area (Å²) in [5.41, 5.74) is -0.137. The normalized spacial score (nSPS) is 19.1. The number of hydrogen-bond acceptors (Lipinski definition) is 4. The van der Waals surface area contributed by atoms with E-state index in [1.165, 1.54) is 4.68 Å². The third-order valence-corrected chi connectivity index (χ3v) is 3.10. The monoisotopic (exact) mass is 225 g/mol. The highest BCUT2D eigenvalue weighted by atomic mass is 16.1. The topological polar surface area (TPSA) is 57.2 Å². The van der Waals surface area contributed by atoms with Crippen LogP contribution in [0.25, 0.3) is 0 Å². The zero-order valence-corrected chi connectivity index (χ0v) is 9.94. The molecule has 0 aromatic carbocycles. The van der Waals surface area contributed by atoms with Crippen LogP contribution in [0.4, 0.5) is 0 Å². The van der Waals surface area contributed by atoms with E-state index < -0.39 is 0 Å². The highest BCUT2D eigenvalue weighted by molar-refractivity contribution is 4.84. The number of piperazine rings is 1. The molecule has 1 aromatic rings. The minimum absolute atomic E-state index is 0.137. The first kappa shape index (κ1) is 11.3. The third kappa shape index (κ3) is 2.51. The van der Waals surface area contributed by atoms with Crippen LogP contribution in [0.3, 0.4) is 0 Å². The van der Waals surface area contributed by atoms with Crippen LogP contribution in [-0.2, 0) is 13.6 Å². The number of aromatic amines is 1. The van der Waals surface area contributed by atoms with Crippen LogP contribution < -0.4 is 5.69 Å². The van der Waals surface area contributed by atoms with E-state index in [9.17, 15) is 4.79 Å². The minimum Gasteiger partial charge on any atom is -0.301 e. The summed E-state index contributed by atoms with van der Waals surface area (Å²) in [6.07, 6.45) is 0. The van der Waals surface area contributed by atoms with Crippen LogP contribution in [0.2, 0.25) is 0 Å². The van der Waals surface area contributed by atoms with Crippen molar-refractivity contribution >= 4 is 0 Å². The van der Waals surface area contributed by atoms with Gasteiger partial charge in [-0.1, -0.05) is 6.92 Å². The molecule has 90 valence electrons. The molecule has 0 aliphatic carbocycles. The van der Waals surface area contributed by atoms with Crippen molar-refractivity contribution in [2.45, 2.75) is 13.5 Å². The van der Waals surface area contributed by atoms with Crippen molar-refractivity contribution in [1.82, 2.24) is 24.6 Å². The standard InChI is InChI=1S/C10H19N5O/c1-3-14-4-6-15(7-5-14)8-9-11-10(16)13(2)12-9/h3-8H2,1-2H3,(H,11,12,16). The molecule has 0 saturated carbocycles. The van der Waals surface area contributed by atoms with Gasteiger partial charge in [-0.05, 0) is 6.54 Å². The lowest BCUT2D eigenvalue weighted by atomic mass is 10.3. The summed E-state index contributed by atoms with van der Waals surface area (Å²) in [7, 11) is 1.66. The third-order valence-electron chi connectivity index (χ3n) is 3.10. The smallest absolute Gasteiger partial charge is 0.301 e. The van der Waals surface area contributed by atoms with Crippen molar-refractivity contribution in [3.8, 4) is 0 Å². The first-order chi connectivity index (χ1) is 7.69. The Hall–Kier alpha value is -1.14. The lowest BCUT2D eigenvalue weighted by Crippen LogP contribution is -2.45. The van der Waals surface area contributed by atoms with Crippen LogP contribution in [0.5, 0.6) is 0 Å². The lowest BCUT2D eigenvalue weighted by Gasteiger charge is -2.33. The van der Waals surface area contributed by atoms with Crippen molar-refractivity contribution in [1.29, 1.82) is 0 Å². The van der Waals surface area contributed by atoms with Gasteiger partial charge in [0.2, 0.25) is 0 Å². The maximum atomic E-state index is 11.2. The number of aromatic nitrogens is 3. The zero-order valence-electron chi connectivity index (χ0n) is 9.94. The van der Waals surface area contributed by atoms with E-state index in [-0.39, 0.29) is 5.69 Å². The predicted octanol–water partition coefficient (Wildman–Crippen LogP) is -0.754. The van der Waals surface area contributed by atoms with Crippen LogP contribution in [0, 0.1) is 0 Å². The molecule has 0 amide bonds. The summed E-state index contributed by atoms with van der Waals surface area (Å²) in [5.74, 6) is 0.762. The molecule has 1 saturated heterocycles. The van der Waals surface area contributed by atoms with Crippen LogP contribution in [0.1, 0.15) is 12.7 Å². The average molecular weight is 225 g/mol. The van der Waals surface area contributed by atoms with E-state index in [1.807, 2.05) is 0 Å². The summed E-state index contributed by atoms with van der Waals surface area (Å²) >= 11 is 0. The Balaban J connectivity index is 1.89. The van der Waals surface area contributed by atoms with Gasteiger partial charge in [0.05, 0.1) is 6.54 Å².